The van der Waals surface area contributed by atoms with Crippen LogP contribution in [-0.2, 0) is 9.59 Å². The molecule has 0 saturated heterocycles. The van der Waals surface area contributed by atoms with Crippen LogP contribution in [0.3, 0.4) is 0 Å². The topological polar surface area (TPSA) is 60.9 Å². The molecule has 0 bridgehead atoms. The van der Waals surface area contributed by atoms with E-state index < -0.39 is 5.97 Å². The molecular formula is C11H20N2O3. The number of hydrogen-bond donors (Lipinski definition) is 1. The van der Waals surface area contributed by atoms with Gasteiger partial charge in [0, 0.05) is 12.1 Å². The maximum absolute atomic E-state index is 11.6. The van der Waals surface area contributed by atoms with E-state index in [0.29, 0.717) is 12.1 Å². The molecule has 1 N–H and O–H groups in total. The summed E-state index contributed by atoms with van der Waals surface area (Å²) in [5, 5.41) is 8.69. The molecule has 0 aliphatic heterocycles. The summed E-state index contributed by atoms with van der Waals surface area (Å²) in [5.41, 5.74) is 0.367. The molecule has 0 aliphatic carbocycles. The first-order valence-electron chi connectivity index (χ1n) is 5.16. The molecule has 0 aliphatic rings. The number of amides is 1. The lowest BCUT2D eigenvalue weighted by Gasteiger charge is -2.21. The van der Waals surface area contributed by atoms with Crippen molar-refractivity contribution >= 4 is 11.9 Å². The van der Waals surface area contributed by atoms with E-state index >= 15 is 0 Å². The number of carboxylic acid groups (broad SMARTS) is 1. The van der Waals surface area contributed by atoms with Gasteiger partial charge in [0.15, 0.2) is 0 Å². The maximum atomic E-state index is 11.6. The lowest BCUT2D eigenvalue weighted by atomic mass is 10.2. The molecule has 0 aromatic carbocycles. The lowest BCUT2D eigenvalue weighted by Crippen LogP contribution is -2.37. The fourth-order valence-corrected chi connectivity index (χ4v) is 1.26. The van der Waals surface area contributed by atoms with Crippen molar-refractivity contribution < 1.29 is 14.7 Å². The monoisotopic (exact) mass is 228 g/mol. The van der Waals surface area contributed by atoms with E-state index in [-0.39, 0.29) is 12.5 Å². The van der Waals surface area contributed by atoms with Gasteiger partial charge in [0.05, 0.1) is 0 Å². The zero-order valence-corrected chi connectivity index (χ0v) is 10.2. The normalized spacial score (nSPS) is 10.2. The van der Waals surface area contributed by atoms with Gasteiger partial charge in [-0.3, -0.25) is 9.59 Å². The molecule has 5 heteroatoms. The smallest absolute Gasteiger partial charge is 0.323 e. The molecule has 92 valence electrons. The molecule has 0 rings (SSSR count). The van der Waals surface area contributed by atoms with E-state index in [2.05, 4.69) is 6.58 Å². The number of nitrogens with zero attached hydrogens (tertiary/aromatic N) is 2. The van der Waals surface area contributed by atoms with Crippen molar-refractivity contribution in [3.63, 3.8) is 0 Å². The van der Waals surface area contributed by atoms with Gasteiger partial charge in [-0.15, -0.1) is 0 Å². The summed E-state index contributed by atoms with van der Waals surface area (Å²) < 4.78 is 0. The van der Waals surface area contributed by atoms with E-state index in [1.807, 2.05) is 19.0 Å². The summed E-state index contributed by atoms with van der Waals surface area (Å²) in [6, 6.07) is 0. The molecule has 0 spiro atoms. The summed E-state index contributed by atoms with van der Waals surface area (Å²) in [6.45, 7) is 6.11. The second-order valence-electron chi connectivity index (χ2n) is 4.06. The molecular weight excluding hydrogens is 208 g/mol. The second-order valence-corrected chi connectivity index (χ2v) is 4.06. The third-order valence-electron chi connectivity index (χ3n) is 2.01. The summed E-state index contributed by atoms with van der Waals surface area (Å²) in [4.78, 5) is 25.5. The SMILES string of the molecule is C=C(C)C(=O)N(CCCN(C)C)CC(=O)O. The molecule has 0 radical (unpaired) electrons. The first-order valence-corrected chi connectivity index (χ1v) is 5.16. The van der Waals surface area contributed by atoms with Crippen LogP contribution in [0.15, 0.2) is 12.2 Å². The van der Waals surface area contributed by atoms with Crippen LogP contribution in [0.2, 0.25) is 0 Å². The van der Waals surface area contributed by atoms with Gasteiger partial charge >= 0.3 is 5.97 Å². The average molecular weight is 228 g/mol. The Bertz CT molecular complexity index is 274. The van der Waals surface area contributed by atoms with Crippen LogP contribution in [0.5, 0.6) is 0 Å². The first-order chi connectivity index (χ1) is 7.34. The molecule has 16 heavy (non-hydrogen) atoms. The minimum atomic E-state index is -1.00. The molecule has 0 atom stereocenters. The van der Waals surface area contributed by atoms with E-state index in [1.54, 1.807) is 6.92 Å². The third kappa shape index (κ3) is 6.19. The van der Waals surface area contributed by atoms with Gasteiger partial charge in [-0.25, -0.2) is 0 Å². The number of hydrogen-bond acceptors (Lipinski definition) is 3. The molecule has 5 nitrogen and oxygen atoms in total. The minimum absolute atomic E-state index is 0.265. The van der Waals surface area contributed by atoms with Crippen LogP contribution in [0.4, 0.5) is 0 Å². The Morgan fingerprint density at radius 1 is 1.25 bits per heavy atom. The highest BCUT2D eigenvalue weighted by Gasteiger charge is 2.16. The second kappa shape index (κ2) is 7.00. The lowest BCUT2D eigenvalue weighted by molar-refractivity contribution is -0.143. The zero-order valence-electron chi connectivity index (χ0n) is 10.2. The summed E-state index contributed by atoms with van der Waals surface area (Å²) in [7, 11) is 3.87. The Balaban J connectivity index is 4.26. The first kappa shape index (κ1) is 14.6. The summed E-state index contributed by atoms with van der Waals surface area (Å²) in [5.74, 6) is -1.29. The van der Waals surface area contributed by atoms with Gasteiger partial charge in [0.2, 0.25) is 5.91 Å². The van der Waals surface area contributed by atoms with E-state index in [9.17, 15) is 9.59 Å². The fraction of sp³-hybridized carbons (Fsp3) is 0.636. The predicted molar refractivity (Wildman–Crippen MR) is 62.2 cm³/mol. The highest BCUT2D eigenvalue weighted by atomic mass is 16.4. The third-order valence-corrected chi connectivity index (χ3v) is 2.01. The Labute approximate surface area is 96.3 Å². The van der Waals surface area contributed by atoms with Crippen LogP contribution in [-0.4, -0.2) is 60.5 Å². The Morgan fingerprint density at radius 2 is 1.81 bits per heavy atom. The van der Waals surface area contributed by atoms with Gasteiger partial charge in [-0.1, -0.05) is 6.58 Å². The van der Waals surface area contributed by atoms with Crippen LogP contribution in [0, 0.1) is 0 Å². The van der Waals surface area contributed by atoms with Crippen molar-refractivity contribution in [1.29, 1.82) is 0 Å². The minimum Gasteiger partial charge on any atom is -0.480 e. The average Bonchev–Trinajstić information content (AvgIpc) is 2.13. The Hall–Kier alpha value is -1.36. The highest BCUT2D eigenvalue weighted by Crippen LogP contribution is 2.00. The highest BCUT2D eigenvalue weighted by molar-refractivity contribution is 5.93. The van der Waals surface area contributed by atoms with Gasteiger partial charge in [-0.05, 0) is 34.0 Å². The molecule has 0 aromatic rings. The molecule has 0 aromatic heterocycles. The predicted octanol–water partition coefficient (Wildman–Crippen LogP) is 0.427. The molecule has 0 heterocycles. The Kier molecular flexibility index (Phi) is 6.41. The summed E-state index contributed by atoms with van der Waals surface area (Å²) >= 11 is 0. The van der Waals surface area contributed by atoms with Gasteiger partial charge in [0.1, 0.15) is 6.54 Å². The number of carboxylic acids is 1. The van der Waals surface area contributed by atoms with Crippen LogP contribution in [0.25, 0.3) is 0 Å². The van der Waals surface area contributed by atoms with E-state index in [1.165, 1.54) is 4.90 Å². The van der Waals surface area contributed by atoms with Crippen molar-refractivity contribution in [1.82, 2.24) is 9.80 Å². The van der Waals surface area contributed by atoms with Crippen LogP contribution >= 0.6 is 0 Å². The largest absolute Gasteiger partial charge is 0.480 e. The van der Waals surface area contributed by atoms with Gasteiger partial charge in [0.25, 0.3) is 0 Å². The number of aliphatic carboxylic acids is 1. The van der Waals surface area contributed by atoms with Crippen molar-refractivity contribution in [3.8, 4) is 0 Å². The molecule has 0 unspecified atom stereocenters. The quantitative estimate of drug-likeness (QED) is 0.642. The standard InChI is InChI=1S/C11H20N2O3/c1-9(2)11(16)13(8-10(14)15)7-5-6-12(3)4/h1,5-8H2,2-4H3,(H,14,15). The van der Waals surface area contributed by atoms with Crippen molar-refractivity contribution in [2.24, 2.45) is 0 Å². The summed E-state index contributed by atoms with van der Waals surface area (Å²) in [6.07, 6.45) is 0.749. The maximum Gasteiger partial charge on any atom is 0.323 e. The molecule has 0 saturated carbocycles. The zero-order chi connectivity index (χ0) is 12.7. The number of carbonyl (C=O) groups excluding carboxylic acids is 1. The number of carbonyl (C=O) groups is 2. The van der Waals surface area contributed by atoms with Crippen molar-refractivity contribution in [2.45, 2.75) is 13.3 Å². The van der Waals surface area contributed by atoms with Gasteiger partial charge < -0.3 is 14.9 Å². The van der Waals surface area contributed by atoms with E-state index in [0.717, 1.165) is 13.0 Å². The van der Waals surface area contributed by atoms with Crippen molar-refractivity contribution in [3.05, 3.63) is 12.2 Å². The fourth-order valence-electron chi connectivity index (χ4n) is 1.26. The van der Waals surface area contributed by atoms with Crippen LogP contribution in [0.1, 0.15) is 13.3 Å². The van der Waals surface area contributed by atoms with E-state index in [4.69, 9.17) is 5.11 Å². The molecule has 1 amide bonds. The van der Waals surface area contributed by atoms with Crippen molar-refractivity contribution in [2.75, 3.05) is 33.7 Å². The van der Waals surface area contributed by atoms with Crippen LogP contribution < -0.4 is 0 Å². The Morgan fingerprint density at radius 3 is 2.19 bits per heavy atom. The van der Waals surface area contributed by atoms with Gasteiger partial charge in [-0.2, -0.15) is 0 Å². The number of rotatable bonds is 7. The molecule has 0 fully saturated rings.